The van der Waals surface area contributed by atoms with E-state index in [0.29, 0.717) is 29.7 Å². The molecule has 37 heavy (non-hydrogen) atoms. The van der Waals surface area contributed by atoms with Crippen LogP contribution in [0.2, 0.25) is 0 Å². The molecular formula is C24H35FN7O4P. The van der Waals surface area contributed by atoms with E-state index in [1.54, 1.807) is 43.8 Å². The smallest absolute Gasteiger partial charge is 0.326 e. The fourth-order valence-electron chi connectivity index (χ4n) is 3.73. The number of nitrogens with zero attached hydrogens (tertiary/aromatic N) is 4. The molecule has 0 unspecified atom stereocenters. The summed E-state index contributed by atoms with van der Waals surface area (Å²) in [7, 11) is -3.58. The average molecular weight is 536 g/mol. The monoisotopic (exact) mass is 535 g/mol. The van der Waals surface area contributed by atoms with Gasteiger partial charge < -0.3 is 19.8 Å². The van der Waals surface area contributed by atoms with Gasteiger partial charge in [0.05, 0.1) is 25.6 Å². The maximum atomic E-state index is 14.1. The van der Waals surface area contributed by atoms with Crippen LogP contribution >= 0.6 is 7.44 Å². The van der Waals surface area contributed by atoms with Gasteiger partial charge in [-0.3, -0.25) is 9.36 Å². The van der Waals surface area contributed by atoms with Crippen LogP contribution in [0.5, 0.6) is 0 Å². The number of nitrogen functional groups attached to an aromatic ring is 1. The number of rotatable bonds is 13. The van der Waals surface area contributed by atoms with E-state index in [9.17, 15) is 13.8 Å². The highest BCUT2D eigenvalue weighted by molar-refractivity contribution is 7.59. The molecule has 0 fully saturated rings. The molecule has 2 aromatic heterocycles. The zero-order valence-electron chi connectivity index (χ0n) is 21.8. The molecule has 13 heteroatoms. The Kier molecular flexibility index (Phi) is 9.36. The molecule has 0 aliphatic heterocycles. The highest BCUT2D eigenvalue weighted by atomic mass is 31.2. The molecule has 0 bridgehead atoms. The number of ether oxygens (including phenoxy) is 2. The van der Waals surface area contributed by atoms with Crippen molar-refractivity contribution in [2.45, 2.75) is 65.3 Å². The van der Waals surface area contributed by atoms with Crippen molar-refractivity contribution in [1.82, 2.24) is 29.7 Å². The van der Waals surface area contributed by atoms with Crippen molar-refractivity contribution in [3.63, 3.8) is 0 Å². The van der Waals surface area contributed by atoms with E-state index in [4.69, 9.17) is 15.2 Å². The fourth-order valence-corrected chi connectivity index (χ4v) is 6.17. The van der Waals surface area contributed by atoms with Crippen molar-refractivity contribution in [3.8, 4) is 0 Å². The van der Waals surface area contributed by atoms with Crippen LogP contribution in [0.15, 0.2) is 36.9 Å². The Morgan fingerprint density at radius 1 is 1.27 bits per heavy atom. The first kappa shape index (κ1) is 28.6. The summed E-state index contributed by atoms with van der Waals surface area (Å²) in [5, 5.41) is 5.98. The van der Waals surface area contributed by atoms with E-state index >= 15 is 0 Å². The molecular weight excluding hydrogens is 500 g/mol. The van der Waals surface area contributed by atoms with E-state index in [-0.39, 0.29) is 18.8 Å². The molecule has 0 aliphatic carbocycles. The molecule has 4 N–H and O–H groups in total. The lowest BCUT2D eigenvalue weighted by atomic mass is 10.1. The molecule has 2 heterocycles. The van der Waals surface area contributed by atoms with E-state index in [1.807, 2.05) is 13.8 Å². The van der Waals surface area contributed by atoms with Crippen LogP contribution in [0.1, 0.15) is 52.6 Å². The van der Waals surface area contributed by atoms with E-state index < -0.39 is 36.9 Å². The first-order chi connectivity index (χ1) is 17.4. The Morgan fingerprint density at radius 2 is 2.03 bits per heavy atom. The lowest BCUT2D eigenvalue weighted by Gasteiger charge is -2.33. The van der Waals surface area contributed by atoms with Gasteiger partial charge in [-0.1, -0.05) is 19.1 Å². The largest absolute Gasteiger partial charge is 0.464 e. The summed E-state index contributed by atoms with van der Waals surface area (Å²) in [6.07, 6.45) is 2.95. The molecule has 3 aromatic rings. The summed E-state index contributed by atoms with van der Waals surface area (Å²) in [6.45, 7) is 9.26. The van der Waals surface area contributed by atoms with Crippen molar-refractivity contribution in [2.24, 2.45) is 0 Å². The number of hydrogen-bond donors (Lipinski definition) is 3. The number of carbonyl (C=O) groups excluding carboxylic acids is 1. The van der Waals surface area contributed by atoms with Crippen molar-refractivity contribution in [2.75, 3.05) is 18.7 Å². The Labute approximate surface area is 215 Å². The summed E-state index contributed by atoms with van der Waals surface area (Å²) in [6, 6.07) is 5.51. The highest BCUT2D eigenvalue weighted by Gasteiger charge is 2.38. The van der Waals surface area contributed by atoms with Gasteiger partial charge in [-0.05, 0) is 51.8 Å². The zero-order chi connectivity index (χ0) is 27.2. The second-order valence-corrected chi connectivity index (χ2v) is 11.7. The molecule has 202 valence electrons. The molecule has 0 saturated carbocycles. The standard InChI is InChI=1S/C24H35FN7O4P/c1-6-10-35-23(33)24(4,5)31-37(34,30-17(3)18-8-7-9-19(25)11-18)15-36-16(2)12-32-14-29-20-21(26)27-13-28-22(20)32/h7-9,11,13-14,16-17H,6,10,12,15H2,1-5H3,(H2,26,27,28)(H2,30,31,34)/t16-,17+,37+/m1/s1. The average Bonchev–Trinajstić information content (AvgIpc) is 3.24. The molecule has 0 spiro atoms. The van der Waals surface area contributed by atoms with Crippen molar-refractivity contribution >= 4 is 30.4 Å². The van der Waals surface area contributed by atoms with Gasteiger partial charge in [0.2, 0.25) is 7.44 Å². The van der Waals surface area contributed by atoms with E-state index in [0.717, 1.165) is 0 Å². The molecule has 0 saturated heterocycles. The predicted molar refractivity (Wildman–Crippen MR) is 139 cm³/mol. The first-order valence-corrected chi connectivity index (χ1v) is 13.9. The number of anilines is 1. The number of carbonyl (C=O) groups is 1. The van der Waals surface area contributed by atoms with Gasteiger partial charge in [0, 0.05) is 6.04 Å². The topological polar surface area (TPSA) is 146 Å². The van der Waals surface area contributed by atoms with Crippen molar-refractivity contribution in [3.05, 3.63) is 48.3 Å². The van der Waals surface area contributed by atoms with Crippen LogP contribution in [-0.4, -0.2) is 50.1 Å². The number of nitrogens with one attached hydrogen (secondary N) is 2. The SMILES string of the molecule is CCCOC(=O)C(C)(C)N[P@](=O)(CO[C@H](C)Cn1cnc2c(N)ncnc21)N[C@@H](C)c1cccc(F)c1. The highest BCUT2D eigenvalue weighted by Crippen LogP contribution is 2.42. The Balaban J connectivity index is 1.76. The molecule has 0 aliphatic rings. The molecule has 11 nitrogen and oxygen atoms in total. The van der Waals surface area contributed by atoms with Gasteiger partial charge >= 0.3 is 5.97 Å². The lowest BCUT2D eigenvalue weighted by molar-refractivity contribution is -0.149. The maximum absolute atomic E-state index is 14.1. The molecule has 1 aromatic carbocycles. The van der Waals surface area contributed by atoms with Crippen LogP contribution in [0, 0.1) is 5.82 Å². The molecule has 0 radical (unpaired) electrons. The number of fused-ring (bicyclic) bond motifs is 1. The fraction of sp³-hybridized carbons (Fsp3) is 0.500. The van der Waals surface area contributed by atoms with Crippen molar-refractivity contribution < 1.29 is 23.2 Å². The van der Waals surface area contributed by atoms with Gasteiger partial charge in [0.15, 0.2) is 11.5 Å². The van der Waals surface area contributed by atoms with Gasteiger partial charge in [-0.2, -0.15) is 0 Å². The number of benzene rings is 1. The van der Waals surface area contributed by atoms with Gasteiger partial charge in [0.25, 0.3) is 0 Å². The van der Waals surface area contributed by atoms with E-state index in [2.05, 4.69) is 25.1 Å². The minimum absolute atomic E-state index is 0.248. The van der Waals surface area contributed by atoms with Crippen LogP contribution in [0.25, 0.3) is 11.2 Å². The Morgan fingerprint density at radius 3 is 2.73 bits per heavy atom. The van der Waals surface area contributed by atoms with Crippen LogP contribution in [0.3, 0.4) is 0 Å². The van der Waals surface area contributed by atoms with Gasteiger partial charge in [0.1, 0.15) is 29.5 Å². The van der Waals surface area contributed by atoms with Gasteiger partial charge in [-0.25, -0.2) is 29.5 Å². The number of imidazole rings is 1. The number of esters is 1. The van der Waals surface area contributed by atoms with Crippen molar-refractivity contribution in [1.29, 1.82) is 0 Å². The summed E-state index contributed by atoms with van der Waals surface area (Å²) < 4.78 is 41.0. The third-order valence-corrected chi connectivity index (χ3v) is 7.82. The Hall–Kier alpha value is -2.92. The Bertz CT molecular complexity index is 1270. The zero-order valence-corrected chi connectivity index (χ0v) is 22.7. The molecule has 3 atom stereocenters. The number of halogens is 1. The summed E-state index contributed by atoms with van der Waals surface area (Å²) in [4.78, 5) is 25.1. The summed E-state index contributed by atoms with van der Waals surface area (Å²) >= 11 is 0. The number of hydrogen-bond acceptors (Lipinski definition) is 8. The first-order valence-electron chi connectivity index (χ1n) is 12.1. The van der Waals surface area contributed by atoms with Gasteiger partial charge in [-0.15, -0.1) is 0 Å². The summed E-state index contributed by atoms with van der Waals surface area (Å²) in [5.74, 6) is -0.664. The number of aromatic nitrogens is 4. The normalized spacial score (nSPS) is 15.3. The van der Waals surface area contributed by atoms with E-state index in [1.165, 1.54) is 18.5 Å². The third-order valence-electron chi connectivity index (χ3n) is 5.58. The minimum atomic E-state index is -3.58. The second kappa shape index (κ2) is 12.1. The number of nitrogens with two attached hydrogens (primary N) is 1. The predicted octanol–water partition coefficient (Wildman–Crippen LogP) is 3.78. The molecule has 3 rings (SSSR count). The minimum Gasteiger partial charge on any atom is -0.464 e. The van der Waals surface area contributed by atoms with Crippen LogP contribution in [-0.2, 0) is 25.4 Å². The van der Waals surface area contributed by atoms with Crippen LogP contribution in [0.4, 0.5) is 10.2 Å². The molecule has 0 amide bonds. The maximum Gasteiger partial charge on any atom is 0.326 e. The third kappa shape index (κ3) is 7.54. The lowest BCUT2D eigenvalue weighted by Crippen LogP contribution is -2.49. The summed E-state index contributed by atoms with van der Waals surface area (Å²) in [5.41, 5.74) is 6.23. The quantitative estimate of drug-likeness (QED) is 0.218. The second-order valence-electron chi connectivity index (χ2n) is 9.45. The van der Waals surface area contributed by atoms with Crippen LogP contribution < -0.4 is 15.9 Å².